The number of aryl methyl sites for hydroxylation is 2. The standard InChI is InChI=1S/C23H29N3O3/c1-17-13-18(2)15-21(14-17)26(19(3)27)16-23(28)25-11-9-24(10-12-25)20-5-7-22(29-4)8-6-20/h5-8,13-15H,9-12,16H2,1-4H3. The normalized spacial score (nSPS) is 13.9. The molecule has 6 nitrogen and oxygen atoms in total. The first-order valence-corrected chi connectivity index (χ1v) is 9.90. The highest BCUT2D eigenvalue weighted by molar-refractivity contribution is 5.97. The van der Waals surface area contributed by atoms with Gasteiger partial charge in [0.2, 0.25) is 11.8 Å². The van der Waals surface area contributed by atoms with Crippen LogP contribution in [0.3, 0.4) is 0 Å². The molecule has 0 unspecified atom stereocenters. The van der Waals surface area contributed by atoms with Gasteiger partial charge in [0.05, 0.1) is 7.11 Å². The van der Waals surface area contributed by atoms with E-state index < -0.39 is 0 Å². The maximum Gasteiger partial charge on any atom is 0.242 e. The summed E-state index contributed by atoms with van der Waals surface area (Å²) in [4.78, 5) is 30.8. The molecule has 0 bridgehead atoms. The maximum atomic E-state index is 12.9. The Kier molecular flexibility index (Phi) is 6.42. The summed E-state index contributed by atoms with van der Waals surface area (Å²) in [6.07, 6.45) is 0. The molecule has 29 heavy (non-hydrogen) atoms. The van der Waals surface area contributed by atoms with Crippen LogP contribution in [-0.4, -0.2) is 56.5 Å². The molecule has 2 aromatic carbocycles. The second kappa shape index (κ2) is 8.99. The van der Waals surface area contributed by atoms with Gasteiger partial charge < -0.3 is 19.4 Å². The third kappa shape index (κ3) is 5.08. The number of carbonyl (C=O) groups excluding carboxylic acids is 2. The van der Waals surface area contributed by atoms with E-state index >= 15 is 0 Å². The molecule has 154 valence electrons. The number of methoxy groups -OCH3 is 1. The van der Waals surface area contributed by atoms with Gasteiger partial charge in [-0.15, -0.1) is 0 Å². The third-order valence-electron chi connectivity index (χ3n) is 5.26. The Morgan fingerprint density at radius 2 is 1.55 bits per heavy atom. The maximum absolute atomic E-state index is 12.9. The van der Waals surface area contributed by atoms with Gasteiger partial charge in [0.15, 0.2) is 0 Å². The first-order valence-electron chi connectivity index (χ1n) is 9.90. The highest BCUT2D eigenvalue weighted by atomic mass is 16.5. The lowest BCUT2D eigenvalue weighted by molar-refractivity contribution is -0.131. The zero-order valence-corrected chi connectivity index (χ0v) is 17.6. The molecule has 1 aliphatic heterocycles. The Hall–Kier alpha value is -3.02. The number of carbonyl (C=O) groups is 2. The van der Waals surface area contributed by atoms with Crippen molar-refractivity contribution in [3.8, 4) is 5.75 Å². The Balaban J connectivity index is 1.62. The molecule has 0 radical (unpaired) electrons. The predicted octanol–water partition coefficient (Wildman–Crippen LogP) is 3.01. The largest absolute Gasteiger partial charge is 0.497 e. The number of ether oxygens (including phenoxy) is 1. The van der Waals surface area contributed by atoms with Gasteiger partial charge in [0, 0.05) is 44.5 Å². The molecule has 0 aliphatic carbocycles. The van der Waals surface area contributed by atoms with Crippen molar-refractivity contribution < 1.29 is 14.3 Å². The molecule has 0 N–H and O–H groups in total. The van der Waals surface area contributed by atoms with Crippen molar-refractivity contribution in [2.75, 3.05) is 49.6 Å². The summed E-state index contributed by atoms with van der Waals surface area (Å²) in [6.45, 7) is 8.38. The highest BCUT2D eigenvalue weighted by Crippen LogP contribution is 2.22. The van der Waals surface area contributed by atoms with E-state index in [1.165, 1.54) is 6.92 Å². The van der Waals surface area contributed by atoms with Crippen molar-refractivity contribution >= 4 is 23.2 Å². The lowest BCUT2D eigenvalue weighted by Gasteiger charge is -2.37. The van der Waals surface area contributed by atoms with Crippen LogP contribution >= 0.6 is 0 Å². The van der Waals surface area contributed by atoms with Gasteiger partial charge in [-0.05, 0) is 61.4 Å². The minimum absolute atomic E-state index is 0.0197. The summed E-state index contributed by atoms with van der Waals surface area (Å²) in [5.74, 6) is 0.687. The highest BCUT2D eigenvalue weighted by Gasteiger charge is 2.24. The van der Waals surface area contributed by atoms with E-state index in [0.717, 1.165) is 41.3 Å². The Bertz CT molecular complexity index is 851. The zero-order chi connectivity index (χ0) is 21.0. The van der Waals surface area contributed by atoms with Crippen LogP contribution < -0.4 is 14.5 Å². The number of rotatable bonds is 5. The van der Waals surface area contributed by atoms with Crippen LogP contribution in [0.25, 0.3) is 0 Å². The average Bonchev–Trinajstić information content (AvgIpc) is 2.71. The van der Waals surface area contributed by atoms with Crippen LogP contribution in [-0.2, 0) is 9.59 Å². The number of nitrogens with zero attached hydrogens (tertiary/aromatic N) is 3. The Morgan fingerprint density at radius 3 is 2.07 bits per heavy atom. The first-order chi connectivity index (χ1) is 13.9. The number of hydrogen-bond acceptors (Lipinski definition) is 4. The van der Waals surface area contributed by atoms with E-state index in [4.69, 9.17) is 4.74 Å². The molecule has 1 fully saturated rings. The molecule has 2 aromatic rings. The minimum Gasteiger partial charge on any atom is -0.497 e. The van der Waals surface area contributed by atoms with E-state index in [9.17, 15) is 9.59 Å². The fourth-order valence-electron chi connectivity index (χ4n) is 3.73. The van der Waals surface area contributed by atoms with Crippen molar-refractivity contribution in [2.45, 2.75) is 20.8 Å². The summed E-state index contributed by atoms with van der Waals surface area (Å²) < 4.78 is 5.21. The lowest BCUT2D eigenvalue weighted by atomic mass is 10.1. The lowest BCUT2D eigenvalue weighted by Crippen LogP contribution is -2.51. The van der Waals surface area contributed by atoms with Crippen LogP contribution in [0.2, 0.25) is 0 Å². The molecular weight excluding hydrogens is 366 g/mol. The fourth-order valence-corrected chi connectivity index (χ4v) is 3.73. The van der Waals surface area contributed by atoms with E-state index in [2.05, 4.69) is 11.0 Å². The Labute approximate surface area is 172 Å². The van der Waals surface area contributed by atoms with E-state index in [-0.39, 0.29) is 18.4 Å². The summed E-state index contributed by atoms with van der Waals surface area (Å²) in [5.41, 5.74) is 4.05. The molecule has 1 aliphatic rings. The summed E-state index contributed by atoms with van der Waals surface area (Å²) in [7, 11) is 1.65. The quantitative estimate of drug-likeness (QED) is 0.781. The molecule has 0 saturated carbocycles. The molecular formula is C23H29N3O3. The summed E-state index contributed by atoms with van der Waals surface area (Å²) in [5, 5.41) is 0. The molecule has 1 saturated heterocycles. The predicted molar refractivity (Wildman–Crippen MR) is 116 cm³/mol. The van der Waals surface area contributed by atoms with Crippen molar-refractivity contribution in [3.63, 3.8) is 0 Å². The van der Waals surface area contributed by atoms with E-state index in [0.29, 0.717) is 13.1 Å². The zero-order valence-electron chi connectivity index (χ0n) is 17.6. The fraction of sp³-hybridized carbons (Fsp3) is 0.391. The molecule has 6 heteroatoms. The number of amides is 2. The summed E-state index contributed by atoms with van der Waals surface area (Å²) in [6, 6.07) is 13.9. The van der Waals surface area contributed by atoms with Gasteiger partial charge in [0.1, 0.15) is 12.3 Å². The molecule has 0 atom stereocenters. The SMILES string of the molecule is COc1ccc(N2CCN(C(=O)CN(C(C)=O)c3cc(C)cc(C)c3)CC2)cc1. The second-order valence-electron chi connectivity index (χ2n) is 7.52. The molecule has 0 spiro atoms. The minimum atomic E-state index is -0.125. The van der Waals surface area contributed by atoms with Crippen LogP contribution in [0, 0.1) is 13.8 Å². The molecule has 1 heterocycles. The van der Waals surface area contributed by atoms with Gasteiger partial charge in [-0.3, -0.25) is 9.59 Å². The van der Waals surface area contributed by atoms with Crippen molar-refractivity contribution in [2.24, 2.45) is 0 Å². The van der Waals surface area contributed by atoms with Crippen LogP contribution in [0.1, 0.15) is 18.1 Å². The first kappa shape index (κ1) is 20.7. The van der Waals surface area contributed by atoms with Crippen molar-refractivity contribution in [3.05, 3.63) is 53.6 Å². The van der Waals surface area contributed by atoms with Gasteiger partial charge in [0.25, 0.3) is 0 Å². The average molecular weight is 396 g/mol. The van der Waals surface area contributed by atoms with Crippen molar-refractivity contribution in [1.82, 2.24) is 4.90 Å². The van der Waals surface area contributed by atoms with Crippen molar-refractivity contribution in [1.29, 1.82) is 0 Å². The van der Waals surface area contributed by atoms with Gasteiger partial charge in [-0.1, -0.05) is 6.07 Å². The van der Waals surface area contributed by atoms with E-state index in [1.54, 1.807) is 12.0 Å². The Morgan fingerprint density at radius 1 is 0.966 bits per heavy atom. The number of piperazine rings is 1. The smallest absolute Gasteiger partial charge is 0.242 e. The monoisotopic (exact) mass is 395 g/mol. The van der Waals surface area contributed by atoms with Crippen LogP contribution in [0.15, 0.2) is 42.5 Å². The number of hydrogen-bond donors (Lipinski definition) is 0. The molecule has 0 aromatic heterocycles. The van der Waals surface area contributed by atoms with Crippen LogP contribution in [0.5, 0.6) is 5.75 Å². The van der Waals surface area contributed by atoms with Crippen LogP contribution in [0.4, 0.5) is 11.4 Å². The third-order valence-corrected chi connectivity index (χ3v) is 5.26. The number of anilines is 2. The molecule has 3 rings (SSSR count). The topological polar surface area (TPSA) is 53.1 Å². The molecule has 2 amide bonds. The summed E-state index contributed by atoms with van der Waals surface area (Å²) >= 11 is 0. The van der Waals surface area contributed by atoms with E-state index in [1.807, 2.05) is 55.1 Å². The van der Waals surface area contributed by atoms with Gasteiger partial charge in [-0.25, -0.2) is 0 Å². The van der Waals surface area contributed by atoms with Gasteiger partial charge >= 0.3 is 0 Å². The number of benzene rings is 2. The second-order valence-corrected chi connectivity index (χ2v) is 7.52. The van der Waals surface area contributed by atoms with Gasteiger partial charge in [-0.2, -0.15) is 0 Å².